The van der Waals surface area contributed by atoms with E-state index in [9.17, 15) is 8.42 Å². The Hall–Kier alpha value is -1.25. The number of sulfonamides is 1. The SMILES string of the molecule is CCNc1ncc(S(=O)(=O)N2CCN(C3CC3)CC2)cn1. The van der Waals surface area contributed by atoms with Crippen LogP contribution in [0.1, 0.15) is 19.8 Å². The molecule has 0 atom stereocenters. The molecule has 1 aromatic rings. The summed E-state index contributed by atoms with van der Waals surface area (Å²) in [6.07, 6.45) is 5.28. The molecule has 7 nitrogen and oxygen atoms in total. The van der Waals surface area contributed by atoms with Crippen molar-refractivity contribution in [1.82, 2.24) is 19.2 Å². The molecule has 0 amide bonds. The summed E-state index contributed by atoms with van der Waals surface area (Å²) in [5.41, 5.74) is 0. The minimum absolute atomic E-state index is 0.170. The third-order valence-corrected chi connectivity index (χ3v) is 5.79. The fourth-order valence-electron chi connectivity index (χ4n) is 2.60. The molecule has 1 N–H and O–H groups in total. The number of nitrogens with one attached hydrogen (secondary N) is 1. The third kappa shape index (κ3) is 3.17. The number of nitrogens with zero attached hydrogens (tertiary/aromatic N) is 4. The van der Waals surface area contributed by atoms with Crippen LogP contribution < -0.4 is 5.32 Å². The predicted molar refractivity (Wildman–Crippen MR) is 79.5 cm³/mol. The Morgan fingerprint density at radius 2 is 1.81 bits per heavy atom. The van der Waals surface area contributed by atoms with Crippen molar-refractivity contribution in [3.8, 4) is 0 Å². The van der Waals surface area contributed by atoms with Crippen molar-refractivity contribution in [3.63, 3.8) is 0 Å². The monoisotopic (exact) mass is 311 g/mol. The van der Waals surface area contributed by atoms with Gasteiger partial charge >= 0.3 is 0 Å². The summed E-state index contributed by atoms with van der Waals surface area (Å²) in [4.78, 5) is 10.6. The molecule has 0 unspecified atom stereocenters. The zero-order valence-corrected chi connectivity index (χ0v) is 13.0. The molecule has 8 heteroatoms. The van der Waals surface area contributed by atoms with Gasteiger partial charge in [-0.05, 0) is 19.8 Å². The summed E-state index contributed by atoms with van der Waals surface area (Å²) < 4.78 is 26.7. The average molecular weight is 311 g/mol. The standard InChI is InChI=1S/C13H21N5O2S/c1-2-14-13-15-9-12(10-16-13)21(19,20)18-7-5-17(6-8-18)11-3-4-11/h9-11H,2-8H2,1H3,(H,14,15,16). The maximum atomic E-state index is 12.6. The van der Waals surface area contributed by atoms with Gasteiger partial charge in [0.1, 0.15) is 4.90 Å². The van der Waals surface area contributed by atoms with Gasteiger partial charge in [0.2, 0.25) is 16.0 Å². The summed E-state index contributed by atoms with van der Waals surface area (Å²) in [6.45, 7) is 5.38. The van der Waals surface area contributed by atoms with Crippen LogP contribution in [0.25, 0.3) is 0 Å². The molecule has 1 aromatic heterocycles. The van der Waals surface area contributed by atoms with Crippen LogP contribution in [0.2, 0.25) is 0 Å². The second kappa shape index (κ2) is 5.86. The first kappa shape index (κ1) is 14.7. The van der Waals surface area contributed by atoms with Crippen molar-refractivity contribution in [1.29, 1.82) is 0 Å². The molecular weight excluding hydrogens is 290 g/mol. The lowest BCUT2D eigenvalue weighted by Crippen LogP contribution is -2.49. The summed E-state index contributed by atoms with van der Waals surface area (Å²) in [5.74, 6) is 0.454. The lowest BCUT2D eigenvalue weighted by molar-refractivity contribution is 0.180. The fraction of sp³-hybridized carbons (Fsp3) is 0.692. The van der Waals surface area contributed by atoms with E-state index in [1.807, 2.05) is 6.92 Å². The third-order valence-electron chi connectivity index (χ3n) is 3.94. The van der Waals surface area contributed by atoms with Crippen molar-refractivity contribution in [2.24, 2.45) is 0 Å². The smallest absolute Gasteiger partial charge is 0.246 e. The molecule has 2 aliphatic rings. The fourth-order valence-corrected chi connectivity index (χ4v) is 3.91. The molecule has 1 saturated carbocycles. The quantitative estimate of drug-likeness (QED) is 0.847. The Morgan fingerprint density at radius 1 is 1.19 bits per heavy atom. The zero-order valence-electron chi connectivity index (χ0n) is 12.2. The maximum Gasteiger partial charge on any atom is 0.246 e. The van der Waals surface area contributed by atoms with Crippen LogP contribution in [0.4, 0.5) is 5.95 Å². The molecule has 3 rings (SSSR count). The number of rotatable bonds is 5. The first-order valence-corrected chi connectivity index (χ1v) is 8.85. The number of aromatic nitrogens is 2. The molecule has 21 heavy (non-hydrogen) atoms. The van der Waals surface area contributed by atoms with Gasteiger partial charge in [-0.3, -0.25) is 4.90 Å². The molecule has 0 bridgehead atoms. The second-order valence-electron chi connectivity index (χ2n) is 5.44. The lowest BCUT2D eigenvalue weighted by Gasteiger charge is -2.33. The van der Waals surface area contributed by atoms with Crippen LogP contribution >= 0.6 is 0 Å². The molecule has 1 saturated heterocycles. The van der Waals surface area contributed by atoms with Gasteiger partial charge in [0, 0.05) is 38.8 Å². The van der Waals surface area contributed by atoms with Gasteiger partial charge in [0.15, 0.2) is 0 Å². The average Bonchev–Trinajstić information content (AvgIpc) is 3.33. The van der Waals surface area contributed by atoms with Gasteiger partial charge in [0.05, 0.1) is 12.4 Å². The van der Waals surface area contributed by atoms with Crippen molar-refractivity contribution in [3.05, 3.63) is 12.4 Å². The van der Waals surface area contributed by atoms with Crippen LogP contribution in [0.5, 0.6) is 0 Å². The predicted octanol–water partition coefficient (Wildman–Crippen LogP) is 0.377. The molecule has 0 spiro atoms. The van der Waals surface area contributed by atoms with Gasteiger partial charge in [-0.1, -0.05) is 0 Å². The number of hydrogen-bond donors (Lipinski definition) is 1. The molecule has 116 valence electrons. The van der Waals surface area contributed by atoms with Gasteiger partial charge in [-0.15, -0.1) is 0 Å². The normalized spacial score (nSPS) is 21.4. The molecule has 1 aliphatic carbocycles. The van der Waals surface area contributed by atoms with E-state index >= 15 is 0 Å². The highest BCUT2D eigenvalue weighted by molar-refractivity contribution is 7.89. The van der Waals surface area contributed by atoms with Crippen LogP contribution in [0.3, 0.4) is 0 Å². The van der Waals surface area contributed by atoms with Crippen molar-refractivity contribution in [2.45, 2.75) is 30.7 Å². The maximum absolute atomic E-state index is 12.6. The van der Waals surface area contributed by atoms with Gasteiger partial charge in [0.25, 0.3) is 0 Å². The molecule has 0 radical (unpaired) electrons. The van der Waals surface area contributed by atoms with E-state index in [1.165, 1.54) is 29.5 Å². The summed E-state index contributed by atoms with van der Waals surface area (Å²) in [7, 11) is -3.47. The second-order valence-corrected chi connectivity index (χ2v) is 7.38. The van der Waals surface area contributed by atoms with Crippen LogP contribution in [-0.2, 0) is 10.0 Å². The molecule has 2 fully saturated rings. The Labute approximate surface area is 125 Å². The van der Waals surface area contributed by atoms with E-state index in [4.69, 9.17) is 0 Å². The topological polar surface area (TPSA) is 78.4 Å². The van der Waals surface area contributed by atoms with E-state index in [0.717, 1.165) is 13.1 Å². The van der Waals surface area contributed by atoms with Gasteiger partial charge < -0.3 is 5.32 Å². The van der Waals surface area contributed by atoms with E-state index in [-0.39, 0.29) is 4.90 Å². The highest BCUT2D eigenvalue weighted by Crippen LogP contribution is 2.28. The van der Waals surface area contributed by atoms with Crippen molar-refractivity contribution in [2.75, 3.05) is 38.0 Å². The minimum atomic E-state index is -3.47. The highest BCUT2D eigenvalue weighted by Gasteiger charge is 2.35. The van der Waals surface area contributed by atoms with Crippen LogP contribution in [0, 0.1) is 0 Å². The van der Waals surface area contributed by atoms with Gasteiger partial charge in [-0.2, -0.15) is 4.31 Å². The van der Waals surface area contributed by atoms with E-state index < -0.39 is 10.0 Å². The minimum Gasteiger partial charge on any atom is -0.355 e. The highest BCUT2D eigenvalue weighted by atomic mass is 32.2. The lowest BCUT2D eigenvalue weighted by atomic mass is 10.3. The van der Waals surface area contributed by atoms with Crippen LogP contribution in [-0.4, -0.2) is 66.4 Å². The van der Waals surface area contributed by atoms with E-state index in [1.54, 1.807) is 0 Å². The zero-order chi connectivity index (χ0) is 14.9. The van der Waals surface area contributed by atoms with Crippen LogP contribution in [0.15, 0.2) is 17.3 Å². The van der Waals surface area contributed by atoms with E-state index in [0.29, 0.717) is 31.6 Å². The Balaban J connectivity index is 1.68. The molecule has 0 aromatic carbocycles. The van der Waals surface area contributed by atoms with Gasteiger partial charge in [-0.25, -0.2) is 18.4 Å². The number of piperazine rings is 1. The molecule has 2 heterocycles. The Morgan fingerprint density at radius 3 is 2.33 bits per heavy atom. The Kier molecular flexibility index (Phi) is 4.10. The first-order chi connectivity index (χ1) is 10.1. The largest absolute Gasteiger partial charge is 0.355 e. The first-order valence-electron chi connectivity index (χ1n) is 7.41. The molecular formula is C13H21N5O2S. The summed E-state index contributed by atoms with van der Waals surface area (Å²) in [6, 6.07) is 0.692. The molecule has 1 aliphatic heterocycles. The number of hydrogen-bond acceptors (Lipinski definition) is 6. The van der Waals surface area contributed by atoms with E-state index in [2.05, 4.69) is 20.2 Å². The van der Waals surface area contributed by atoms with Crippen molar-refractivity contribution >= 4 is 16.0 Å². The summed E-state index contributed by atoms with van der Waals surface area (Å²) in [5, 5.41) is 2.95. The number of anilines is 1. The van der Waals surface area contributed by atoms with Crippen molar-refractivity contribution < 1.29 is 8.42 Å². The Bertz CT molecular complexity index is 577. The summed E-state index contributed by atoms with van der Waals surface area (Å²) >= 11 is 0.